The highest BCUT2D eigenvalue weighted by Gasteiger charge is 2.13. The van der Waals surface area contributed by atoms with E-state index in [1.807, 2.05) is 47.4 Å². The highest BCUT2D eigenvalue weighted by molar-refractivity contribution is 6.30. The van der Waals surface area contributed by atoms with Gasteiger partial charge in [0.25, 0.3) is 0 Å². The zero-order valence-corrected chi connectivity index (χ0v) is 13.8. The van der Waals surface area contributed by atoms with Crippen LogP contribution in [0.4, 0.5) is 0 Å². The van der Waals surface area contributed by atoms with Gasteiger partial charge in [-0.3, -0.25) is 4.90 Å². The predicted octanol–water partition coefficient (Wildman–Crippen LogP) is 3.29. The van der Waals surface area contributed by atoms with Gasteiger partial charge in [0.2, 0.25) is 0 Å². The van der Waals surface area contributed by atoms with Crippen LogP contribution < -0.4 is 0 Å². The van der Waals surface area contributed by atoms with Crippen LogP contribution in [0.15, 0.2) is 54.6 Å². The summed E-state index contributed by atoms with van der Waals surface area (Å²) in [5, 5.41) is 20.2. The van der Waals surface area contributed by atoms with Gasteiger partial charge in [-0.2, -0.15) is 0 Å². The summed E-state index contributed by atoms with van der Waals surface area (Å²) in [5.41, 5.74) is 1.99. The van der Waals surface area contributed by atoms with Gasteiger partial charge in [0, 0.05) is 24.7 Å². The fraction of sp³-hybridized carbons (Fsp3) is 0.294. The molecule has 0 aliphatic carbocycles. The number of aliphatic hydroxyl groups excluding tert-OH is 2. The van der Waals surface area contributed by atoms with Crippen molar-refractivity contribution < 1.29 is 10.2 Å². The Balaban J connectivity index is 0.00000242. The third-order valence-electron chi connectivity index (χ3n) is 3.35. The van der Waals surface area contributed by atoms with Crippen molar-refractivity contribution in [1.29, 1.82) is 0 Å². The molecule has 0 saturated carbocycles. The average Bonchev–Trinajstić information content (AvgIpc) is 2.49. The van der Waals surface area contributed by atoms with Gasteiger partial charge in [0.1, 0.15) is 0 Å². The Labute approximate surface area is 142 Å². The molecule has 5 heteroatoms. The van der Waals surface area contributed by atoms with E-state index in [1.54, 1.807) is 12.1 Å². The van der Waals surface area contributed by atoms with E-state index < -0.39 is 6.10 Å². The van der Waals surface area contributed by atoms with Crippen molar-refractivity contribution in [3.8, 4) is 0 Å². The lowest BCUT2D eigenvalue weighted by atomic mass is 10.1. The van der Waals surface area contributed by atoms with Crippen LogP contribution in [0.1, 0.15) is 17.2 Å². The standard InChI is InChI=1S/C17H20ClNO2.ClH/c18-16-8-6-15(7-9-16)17(21)13-19(10-11-20)12-14-4-2-1-3-5-14;/h1-9,17,20-21H,10-13H2;1H. The lowest BCUT2D eigenvalue weighted by molar-refractivity contribution is 0.0957. The number of hydrogen-bond donors (Lipinski definition) is 2. The number of aliphatic hydroxyl groups is 2. The Kier molecular flexibility index (Phi) is 8.46. The van der Waals surface area contributed by atoms with Gasteiger partial charge in [0.05, 0.1) is 12.7 Å². The summed E-state index contributed by atoms with van der Waals surface area (Å²) >= 11 is 5.85. The van der Waals surface area contributed by atoms with Crippen LogP contribution in [-0.2, 0) is 6.54 Å². The minimum atomic E-state index is -0.600. The van der Waals surface area contributed by atoms with Gasteiger partial charge in [-0.25, -0.2) is 0 Å². The number of rotatable bonds is 7. The monoisotopic (exact) mass is 341 g/mol. The summed E-state index contributed by atoms with van der Waals surface area (Å²) in [5.74, 6) is 0. The molecule has 0 amide bonds. The zero-order chi connectivity index (χ0) is 15.1. The summed E-state index contributed by atoms with van der Waals surface area (Å²) in [6.07, 6.45) is -0.600. The van der Waals surface area contributed by atoms with Crippen LogP contribution in [0, 0.1) is 0 Å². The van der Waals surface area contributed by atoms with Gasteiger partial charge in [-0.15, -0.1) is 12.4 Å². The second kappa shape index (κ2) is 9.82. The van der Waals surface area contributed by atoms with E-state index >= 15 is 0 Å². The molecule has 120 valence electrons. The molecule has 0 aliphatic rings. The largest absolute Gasteiger partial charge is 0.395 e. The molecule has 1 unspecified atom stereocenters. The summed E-state index contributed by atoms with van der Waals surface area (Å²) in [7, 11) is 0. The maximum Gasteiger partial charge on any atom is 0.0917 e. The van der Waals surface area contributed by atoms with E-state index in [0.717, 1.165) is 11.1 Å². The molecule has 0 aliphatic heterocycles. The molecular weight excluding hydrogens is 321 g/mol. The predicted molar refractivity (Wildman–Crippen MR) is 92.5 cm³/mol. The lowest BCUT2D eigenvalue weighted by Gasteiger charge is -2.24. The summed E-state index contributed by atoms with van der Waals surface area (Å²) in [4.78, 5) is 2.04. The fourth-order valence-electron chi connectivity index (χ4n) is 2.25. The van der Waals surface area contributed by atoms with Crippen molar-refractivity contribution in [2.45, 2.75) is 12.6 Å². The van der Waals surface area contributed by atoms with Crippen LogP contribution in [0.3, 0.4) is 0 Å². The molecule has 0 fully saturated rings. The first-order chi connectivity index (χ1) is 10.2. The van der Waals surface area contributed by atoms with E-state index in [4.69, 9.17) is 11.6 Å². The molecule has 3 nitrogen and oxygen atoms in total. The first-order valence-electron chi connectivity index (χ1n) is 6.99. The van der Waals surface area contributed by atoms with Crippen LogP contribution in [0.5, 0.6) is 0 Å². The smallest absolute Gasteiger partial charge is 0.0917 e. The first-order valence-corrected chi connectivity index (χ1v) is 7.37. The van der Waals surface area contributed by atoms with Crippen molar-refractivity contribution in [2.24, 2.45) is 0 Å². The Morgan fingerprint density at radius 1 is 1.00 bits per heavy atom. The Bertz CT molecular complexity index is 534. The van der Waals surface area contributed by atoms with E-state index in [0.29, 0.717) is 24.7 Å². The molecule has 22 heavy (non-hydrogen) atoms. The molecule has 2 aromatic carbocycles. The highest BCUT2D eigenvalue weighted by Crippen LogP contribution is 2.18. The molecule has 0 aromatic heterocycles. The average molecular weight is 342 g/mol. The van der Waals surface area contributed by atoms with Crippen LogP contribution in [0.25, 0.3) is 0 Å². The molecular formula is C17H21Cl2NO2. The third kappa shape index (κ3) is 5.95. The van der Waals surface area contributed by atoms with Gasteiger partial charge < -0.3 is 10.2 Å². The second-order valence-electron chi connectivity index (χ2n) is 5.01. The van der Waals surface area contributed by atoms with Gasteiger partial charge in [-0.05, 0) is 23.3 Å². The molecule has 0 heterocycles. The van der Waals surface area contributed by atoms with Gasteiger partial charge in [0.15, 0.2) is 0 Å². The molecule has 0 bridgehead atoms. The number of hydrogen-bond acceptors (Lipinski definition) is 3. The molecule has 2 N–H and O–H groups in total. The molecule has 1 atom stereocenters. The van der Waals surface area contributed by atoms with Gasteiger partial charge >= 0.3 is 0 Å². The SMILES string of the molecule is Cl.OCCN(Cc1ccccc1)CC(O)c1ccc(Cl)cc1. The normalized spacial score (nSPS) is 12.0. The van der Waals surface area contributed by atoms with E-state index in [1.165, 1.54) is 0 Å². The molecule has 2 aromatic rings. The van der Waals surface area contributed by atoms with Crippen LogP contribution >= 0.6 is 24.0 Å². The fourth-order valence-corrected chi connectivity index (χ4v) is 2.38. The van der Waals surface area contributed by atoms with E-state index in [-0.39, 0.29) is 19.0 Å². The van der Waals surface area contributed by atoms with Crippen LogP contribution in [-0.4, -0.2) is 34.8 Å². The van der Waals surface area contributed by atoms with Crippen molar-refractivity contribution in [3.63, 3.8) is 0 Å². The molecule has 0 radical (unpaired) electrons. The van der Waals surface area contributed by atoms with Crippen molar-refractivity contribution in [3.05, 3.63) is 70.7 Å². The summed E-state index contributed by atoms with van der Waals surface area (Å²) in [6.45, 7) is 1.77. The summed E-state index contributed by atoms with van der Waals surface area (Å²) in [6, 6.07) is 17.2. The maximum absolute atomic E-state index is 10.3. The Hall–Kier alpha value is -1.10. The minimum Gasteiger partial charge on any atom is -0.395 e. The lowest BCUT2D eigenvalue weighted by Crippen LogP contribution is -2.31. The number of nitrogens with zero attached hydrogens (tertiary/aromatic N) is 1. The van der Waals surface area contributed by atoms with Gasteiger partial charge in [-0.1, -0.05) is 54.1 Å². The van der Waals surface area contributed by atoms with Crippen molar-refractivity contribution in [2.75, 3.05) is 19.7 Å². The Morgan fingerprint density at radius 2 is 1.64 bits per heavy atom. The first kappa shape index (κ1) is 18.9. The number of benzene rings is 2. The Morgan fingerprint density at radius 3 is 2.23 bits per heavy atom. The maximum atomic E-state index is 10.3. The van der Waals surface area contributed by atoms with Crippen molar-refractivity contribution in [1.82, 2.24) is 4.90 Å². The highest BCUT2D eigenvalue weighted by atomic mass is 35.5. The topological polar surface area (TPSA) is 43.7 Å². The molecule has 0 saturated heterocycles. The second-order valence-corrected chi connectivity index (χ2v) is 5.45. The minimum absolute atomic E-state index is 0. The zero-order valence-electron chi connectivity index (χ0n) is 12.2. The van der Waals surface area contributed by atoms with E-state index in [2.05, 4.69) is 0 Å². The van der Waals surface area contributed by atoms with E-state index in [9.17, 15) is 10.2 Å². The quantitative estimate of drug-likeness (QED) is 0.812. The number of halogens is 2. The summed E-state index contributed by atoms with van der Waals surface area (Å²) < 4.78 is 0. The third-order valence-corrected chi connectivity index (χ3v) is 3.60. The molecule has 0 spiro atoms. The van der Waals surface area contributed by atoms with Crippen LogP contribution in [0.2, 0.25) is 5.02 Å². The molecule has 2 rings (SSSR count). The van der Waals surface area contributed by atoms with Crippen molar-refractivity contribution >= 4 is 24.0 Å².